The molecule has 1 aliphatic rings. The van der Waals surface area contributed by atoms with Crippen LogP contribution in [-0.2, 0) is 4.79 Å². The summed E-state index contributed by atoms with van der Waals surface area (Å²) in [6.45, 7) is 0. The normalized spacial score (nSPS) is 15.9. The first-order valence-corrected chi connectivity index (χ1v) is 9.09. The van der Waals surface area contributed by atoms with E-state index in [0.717, 1.165) is 28.0 Å². The number of thioether (sulfide) groups is 1. The van der Waals surface area contributed by atoms with Crippen molar-refractivity contribution in [2.45, 2.75) is 0 Å². The lowest BCUT2D eigenvalue weighted by Gasteiger charge is -2.12. The molecule has 6 heteroatoms. The first kappa shape index (κ1) is 16.7. The average Bonchev–Trinajstić information content (AvgIpc) is 3.20. The highest BCUT2D eigenvalue weighted by Crippen LogP contribution is 2.36. The molecule has 4 rings (SSSR count). The van der Waals surface area contributed by atoms with Crippen LogP contribution in [0.25, 0.3) is 11.8 Å². The van der Waals surface area contributed by atoms with E-state index in [0.29, 0.717) is 15.6 Å². The largest absolute Gasteiger partial charge is 0.317 e. The van der Waals surface area contributed by atoms with Crippen molar-refractivity contribution >= 4 is 46.3 Å². The second-order valence-corrected chi connectivity index (χ2v) is 7.07. The molecule has 0 atom stereocenters. The van der Waals surface area contributed by atoms with Gasteiger partial charge in [0.25, 0.3) is 11.1 Å². The first-order valence-electron chi connectivity index (χ1n) is 7.90. The molecule has 26 heavy (non-hydrogen) atoms. The highest BCUT2D eigenvalue weighted by atomic mass is 35.5. The Morgan fingerprint density at radius 1 is 0.885 bits per heavy atom. The Hall–Kier alpha value is -2.76. The summed E-state index contributed by atoms with van der Waals surface area (Å²) in [6.07, 6.45) is 3.66. The fraction of sp³-hybridized carbons (Fsp3) is 0. The second kappa shape index (κ2) is 6.86. The Labute approximate surface area is 159 Å². The van der Waals surface area contributed by atoms with Gasteiger partial charge in [0.15, 0.2) is 0 Å². The maximum absolute atomic E-state index is 12.8. The van der Waals surface area contributed by atoms with Crippen LogP contribution in [0.5, 0.6) is 0 Å². The monoisotopic (exact) mass is 380 g/mol. The summed E-state index contributed by atoms with van der Waals surface area (Å²) in [6, 6.07) is 20.3. The molecule has 4 nitrogen and oxygen atoms in total. The molecule has 1 aliphatic heterocycles. The van der Waals surface area contributed by atoms with Gasteiger partial charge in [-0.05, 0) is 60.3 Å². The third kappa shape index (κ3) is 3.07. The van der Waals surface area contributed by atoms with Crippen molar-refractivity contribution in [1.82, 2.24) is 4.57 Å². The van der Waals surface area contributed by atoms with Crippen molar-refractivity contribution in [3.05, 3.63) is 88.5 Å². The third-order valence-corrected chi connectivity index (χ3v) is 5.06. The topological polar surface area (TPSA) is 42.3 Å². The number of rotatable bonds is 3. The highest BCUT2D eigenvalue weighted by Gasteiger charge is 2.36. The fourth-order valence-electron chi connectivity index (χ4n) is 2.78. The molecule has 1 aromatic heterocycles. The smallest absolute Gasteiger partial charge is 0.298 e. The van der Waals surface area contributed by atoms with Crippen molar-refractivity contribution in [3.63, 3.8) is 0 Å². The number of halogens is 1. The Balaban J connectivity index is 1.69. The number of amides is 2. The number of nitrogens with zero attached hydrogens (tertiary/aromatic N) is 2. The molecule has 0 unspecified atom stereocenters. The molecular formula is C20H13ClN2O2S. The van der Waals surface area contributed by atoms with Crippen LogP contribution < -0.4 is 4.90 Å². The molecule has 1 fully saturated rings. The zero-order valence-electron chi connectivity index (χ0n) is 13.5. The molecule has 0 radical (unpaired) electrons. The summed E-state index contributed by atoms with van der Waals surface area (Å²) < 4.78 is 1.97. The van der Waals surface area contributed by atoms with Crippen LogP contribution in [0.3, 0.4) is 0 Å². The Bertz CT molecular complexity index is 1030. The van der Waals surface area contributed by atoms with Gasteiger partial charge in [-0.25, -0.2) is 4.90 Å². The SMILES string of the molecule is O=C1S/C(=C/c2cccn2-c2ccccc2)C(=O)N1c1cccc(Cl)c1. The van der Waals surface area contributed by atoms with Gasteiger partial charge in [0.1, 0.15) is 0 Å². The van der Waals surface area contributed by atoms with Crippen LogP contribution in [-0.4, -0.2) is 15.7 Å². The van der Waals surface area contributed by atoms with Crippen molar-refractivity contribution in [2.75, 3.05) is 4.90 Å². The number of imide groups is 1. The lowest BCUT2D eigenvalue weighted by molar-refractivity contribution is -0.113. The quantitative estimate of drug-likeness (QED) is 0.573. The summed E-state index contributed by atoms with van der Waals surface area (Å²) in [7, 11) is 0. The summed E-state index contributed by atoms with van der Waals surface area (Å²) in [5.74, 6) is -0.344. The van der Waals surface area contributed by atoms with Crippen molar-refractivity contribution in [3.8, 4) is 5.69 Å². The zero-order valence-corrected chi connectivity index (χ0v) is 15.1. The van der Waals surface area contributed by atoms with Gasteiger partial charge in [0, 0.05) is 22.6 Å². The number of carbonyl (C=O) groups is 2. The molecule has 3 aromatic rings. The number of anilines is 1. The molecule has 2 heterocycles. The van der Waals surface area contributed by atoms with E-state index in [-0.39, 0.29) is 11.1 Å². The van der Waals surface area contributed by atoms with Crippen LogP contribution in [0.1, 0.15) is 5.69 Å². The van der Waals surface area contributed by atoms with E-state index in [1.165, 1.54) is 0 Å². The predicted molar refractivity (Wildman–Crippen MR) is 106 cm³/mol. The maximum atomic E-state index is 12.8. The molecule has 0 saturated carbocycles. The molecule has 0 N–H and O–H groups in total. The van der Waals surface area contributed by atoms with Crippen molar-refractivity contribution < 1.29 is 9.59 Å². The van der Waals surface area contributed by atoms with Crippen LogP contribution in [0.2, 0.25) is 5.02 Å². The number of carbonyl (C=O) groups excluding carboxylic acids is 2. The first-order chi connectivity index (χ1) is 12.6. The molecule has 0 bridgehead atoms. The van der Waals surface area contributed by atoms with Gasteiger partial charge in [-0.2, -0.15) is 0 Å². The third-order valence-electron chi connectivity index (χ3n) is 3.95. The van der Waals surface area contributed by atoms with Crippen LogP contribution in [0.4, 0.5) is 10.5 Å². The molecule has 128 valence electrons. The molecule has 0 spiro atoms. The van der Waals surface area contributed by atoms with Gasteiger partial charge >= 0.3 is 0 Å². The van der Waals surface area contributed by atoms with E-state index in [1.54, 1.807) is 30.3 Å². The van der Waals surface area contributed by atoms with Gasteiger partial charge in [-0.1, -0.05) is 35.9 Å². The Kier molecular flexibility index (Phi) is 4.41. The lowest BCUT2D eigenvalue weighted by atomic mass is 10.2. The van der Waals surface area contributed by atoms with E-state index >= 15 is 0 Å². The standard InChI is InChI=1S/C20H13ClN2O2S/c21-14-6-4-9-17(12-14)23-19(24)18(26-20(23)25)13-16-10-5-11-22(16)15-7-2-1-3-8-15/h1-13H/b18-13+. The van der Waals surface area contributed by atoms with Crippen LogP contribution in [0, 0.1) is 0 Å². The molecule has 2 aromatic carbocycles. The number of benzene rings is 2. The molecular weight excluding hydrogens is 368 g/mol. The Morgan fingerprint density at radius 2 is 1.65 bits per heavy atom. The van der Waals surface area contributed by atoms with Crippen LogP contribution >= 0.6 is 23.4 Å². The minimum atomic E-state index is -0.344. The molecule has 1 saturated heterocycles. The van der Waals surface area contributed by atoms with E-state index in [4.69, 9.17) is 11.6 Å². The van der Waals surface area contributed by atoms with Gasteiger partial charge in [-0.15, -0.1) is 0 Å². The average molecular weight is 381 g/mol. The molecule has 0 aliphatic carbocycles. The number of aromatic nitrogens is 1. The minimum Gasteiger partial charge on any atom is -0.317 e. The van der Waals surface area contributed by atoms with E-state index in [2.05, 4.69) is 0 Å². The van der Waals surface area contributed by atoms with Crippen molar-refractivity contribution in [2.24, 2.45) is 0 Å². The predicted octanol–water partition coefficient (Wildman–Crippen LogP) is 5.37. The van der Waals surface area contributed by atoms with Crippen molar-refractivity contribution in [1.29, 1.82) is 0 Å². The maximum Gasteiger partial charge on any atom is 0.298 e. The molecule has 2 amide bonds. The van der Waals surface area contributed by atoms with Gasteiger partial charge in [0.05, 0.1) is 10.6 Å². The van der Waals surface area contributed by atoms with E-state index in [9.17, 15) is 9.59 Å². The van der Waals surface area contributed by atoms with E-state index in [1.807, 2.05) is 53.2 Å². The highest BCUT2D eigenvalue weighted by molar-refractivity contribution is 8.19. The number of hydrogen-bond donors (Lipinski definition) is 0. The second-order valence-electron chi connectivity index (χ2n) is 5.64. The number of para-hydroxylation sites is 1. The van der Waals surface area contributed by atoms with E-state index < -0.39 is 0 Å². The summed E-state index contributed by atoms with van der Waals surface area (Å²) in [5.41, 5.74) is 2.28. The zero-order chi connectivity index (χ0) is 18.1. The fourth-order valence-corrected chi connectivity index (χ4v) is 3.79. The lowest BCUT2D eigenvalue weighted by Crippen LogP contribution is -2.27. The Morgan fingerprint density at radius 3 is 2.42 bits per heavy atom. The van der Waals surface area contributed by atoms with Gasteiger partial charge < -0.3 is 4.57 Å². The van der Waals surface area contributed by atoms with Gasteiger partial charge in [0.2, 0.25) is 0 Å². The number of hydrogen-bond acceptors (Lipinski definition) is 3. The summed E-state index contributed by atoms with van der Waals surface area (Å²) in [4.78, 5) is 26.7. The minimum absolute atomic E-state index is 0.332. The van der Waals surface area contributed by atoms with Crippen LogP contribution in [0.15, 0.2) is 77.8 Å². The van der Waals surface area contributed by atoms with Gasteiger partial charge in [-0.3, -0.25) is 9.59 Å². The summed E-state index contributed by atoms with van der Waals surface area (Å²) in [5, 5.41) is 0.143. The summed E-state index contributed by atoms with van der Waals surface area (Å²) >= 11 is 6.91.